The second-order valence-electron chi connectivity index (χ2n) is 4.27. The number of pyridine rings is 1. The summed E-state index contributed by atoms with van der Waals surface area (Å²) in [5.74, 6) is 1.10. The van der Waals surface area contributed by atoms with E-state index in [-0.39, 0.29) is 16.6 Å². The van der Waals surface area contributed by atoms with Crippen LogP contribution in [0.4, 0.5) is 0 Å². The van der Waals surface area contributed by atoms with E-state index in [0.717, 1.165) is 5.75 Å². The van der Waals surface area contributed by atoms with Gasteiger partial charge in [-0.1, -0.05) is 23.2 Å². The molecule has 0 unspecified atom stereocenters. The lowest BCUT2D eigenvalue weighted by Gasteiger charge is -2.09. The molecule has 1 aromatic carbocycles. The highest BCUT2D eigenvalue weighted by atomic mass is 35.5. The summed E-state index contributed by atoms with van der Waals surface area (Å²) in [5, 5.41) is 3.15. The van der Waals surface area contributed by atoms with Gasteiger partial charge in [0.05, 0.1) is 24.2 Å². The summed E-state index contributed by atoms with van der Waals surface area (Å²) in [7, 11) is 1.60. The number of aromatic nitrogens is 1. The summed E-state index contributed by atoms with van der Waals surface area (Å²) < 4.78 is 10.6. The van der Waals surface area contributed by atoms with E-state index in [1.807, 2.05) is 0 Å². The van der Waals surface area contributed by atoms with Gasteiger partial charge in [0.15, 0.2) is 0 Å². The van der Waals surface area contributed by atoms with Crippen molar-refractivity contribution >= 4 is 29.1 Å². The van der Waals surface area contributed by atoms with E-state index in [0.29, 0.717) is 23.9 Å². The molecule has 2 rings (SSSR count). The molecule has 0 radical (unpaired) electrons. The molecule has 1 amide bonds. The first-order valence-electron chi connectivity index (χ1n) is 6.46. The van der Waals surface area contributed by atoms with Crippen LogP contribution in [0.15, 0.2) is 36.5 Å². The minimum Gasteiger partial charge on any atom is -0.497 e. The Morgan fingerprint density at radius 2 is 1.91 bits per heavy atom. The van der Waals surface area contributed by atoms with Crippen molar-refractivity contribution in [3.8, 4) is 11.5 Å². The number of hydrogen-bond acceptors (Lipinski definition) is 4. The van der Waals surface area contributed by atoms with Gasteiger partial charge in [0.2, 0.25) is 0 Å². The van der Waals surface area contributed by atoms with Gasteiger partial charge in [-0.15, -0.1) is 0 Å². The lowest BCUT2D eigenvalue weighted by Crippen LogP contribution is -2.28. The van der Waals surface area contributed by atoms with Gasteiger partial charge < -0.3 is 14.8 Å². The van der Waals surface area contributed by atoms with Gasteiger partial charge in [-0.2, -0.15) is 0 Å². The van der Waals surface area contributed by atoms with Gasteiger partial charge >= 0.3 is 0 Å². The fraction of sp³-hybridized carbons (Fsp3) is 0.200. The minimum absolute atomic E-state index is 0.109. The normalized spacial score (nSPS) is 10.1. The fourth-order valence-electron chi connectivity index (χ4n) is 1.68. The number of benzene rings is 1. The van der Waals surface area contributed by atoms with Crippen LogP contribution in [-0.2, 0) is 0 Å². The van der Waals surface area contributed by atoms with Gasteiger partial charge in [-0.05, 0) is 30.3 Å². The van der Waals surface area contributed by atoms with Crippen molar-refractivity contribution < 1.29 is 14.3 Å². The van der Waals surface area contributed by atoms with Crippen molar-refractivity contribution in [3.63, 3.8) is 0 Å². The molecule has 0 saturated heterocycles. The van der Waals surface area contributed by atoms with Gasteiger partial charge in [0.1, 0.15) is 23.3 Å². The van der Waals surface area contributed by atoms with Crippen molar-refractivity contribution in [1.29, 1.82) is 0 Å². The Morgan fingerprint density at radius 1 is 1.23 bits per heavy atom. The van der Waals surface area contributed by atoms with E-state index in [1.54, 1.807) is 31.4 Å². The van der Waals surface area contributed by atoms with E-state index < -0.39 is 0 Å². The number of nitrogens with one attached hydrogen (secondary N) is 1. The van der Waals surface area contributed by atoms with Crippen LogP contribution in [0.1, 0.15) is 10.4 Å². The number of nitrogens with zero attached hydrogens (tertiary/aromatic N) is 1. The predicted molar refractivity (Wildman–Crippen MR) is 85.1 cm³/mol. The summed E-state index contributed by atoms with van der Waals surface area (Å²) in [6.07, 6.45) is 1.38. The molecule has 0 aliphatic heterocycles. The highest BCUT2D eigenvalue weighted by Crippen LogP contribution is 2.18. The predicted octanol–water partition coefficient (Wildman–Crippen LogP) is 3.21. The second kappa shape index (κ2) is 7.87. The van der Waals surface area contributed by atoms with Gasteiger partial charge in [-0.25, -0.2) is 4.98 Å². The molecule has 1 heterocycles. The van der Waals surface area contributed by atoms with Gasteiger partial charge in [0, 0.05) is 6.20 Å². The van der Waals surface area contributed by atoms with E-state index in [1.165, 1.54) is 12.3 Å². The maximum absolute atomic E-state index is 11.9. The number of ether oxygens (including phenoxy) is 2. The van der Waals surface area contributed by atoms with Crippen molar-refractivity contribution in [2.24, 2.45) is 0 Å². The molecule has 116 valence electrons. The summed E-state index contributed by atoms with van der Waals surface area (Å²) in [4.78, 5) is 15.8. The second-order valence-corrected chi connectivity index (χ2v) is 5.07. The first-order chi connectivity index (χ1) is 10.6. The molecule has 0 bridgehead atoms. The minimum atomic E-state index is -0.349. The number of hydrogen-bond donors (Lipinski definition) is 1. The average molecular weight is 341 g/mol. The highest BCUT2D eigenvalue weighted by molar-refractivity contribution is 6.34. The van der Waals surface area contributed by atoms with Crippen LogP contribution in [0, 0.1) is 0 Å². The zero-order chi connectivity index (χ0) is 15.9. The van der Waals surface area contributed by atoms with E-state index >= 15 is 0 Å². The van der Waals surface area contributed by atoms with Crippen LogP contribution in [0.2, 0.25) is 10.2 Å². The van der Waals surface area contributed by atoms with Crippen LogP contribution in [0.25, 0.3) is 0 Å². The molecule has 0 saturated carbocycles. The van der Waals surface area contributed by atoms with E-state index in [2.05, 4.69) is 10.3 Å². The van der Waals surface area contributed by atoms with Crippen molar-refractivity contribution in [2.45, 2.75) is 0 Å². The largest absolute Gasteiger partial charge is 0.497 e. The number of amides is 1. The zero-order valence-corrected chi connectivity index (χ0v) is 13.3. The van der Waals surface area contributed by atoms with Crippen molar-refractivity contribution in [2.75, 3.05) is 20.3 Å². The third-order valence-electron chi connectivity index (χ3n) is 2.77. The zero-order valence-electron chi connectivity index (χ0n) is 11.8. The van der Waals surface area contributed by atoms with E-state index in [9.17, 15) is 4.79 Å². The maximum Gasteiger partial charge on any atom is 0.254 e. The Labute approximate surface area is 138 Å². The van der Waals surface area contributed by atoms with Crippen LogP contribution in [0.5, 0.6) is 11.5 Å². The molecule has 0 atom stereocenters. The summed E-state index contributed by atoms with van der Waals surface area (Å²) in [5.41, 5.74) is 0.235. The number of halogens is 2. The molecule has 5 nitrogen and oxygen atoms in total. The third kappa shape index (κ3) is 4.51. The highest BCUT2D eigenvalue weighted by Gasteiger charge is 2.11. The van der Waals surface area contributed by atoms with E-state index in [4.69, 9.17) is 32.7 Å². The summed E-state index contributed by atoms with van der Waals surface area (Å²) in [6.45, 7) is 0.650. The van der Waals surface area contributed by atoms with Crippen LogP contribution in [0.3, 0.4) is 0 Å². The number of carbonyl (C=O) groups is 1. The Balaban J connectivity index is 1.80. The lowest BCUT2D eigenvalue weighted by atomic mass is 10.2. The van der Waals surface area contributed by atoms with Crippen LogP contribution < -0.4 is 14.8 Å². The third-order valence-corrected chi connectivity index (χ3v) is 3.27. The Kier molecular flexibility index (Phi) is 5.86. The van der Waals surface area contributed by atoms with Gasteiger partial charge in [-0.3, -0.25) is 4.79 Å². The van der Waals surface area contributed by atoms with Crippen molar-refractivity contribution in [3.05, 3.63) is 52.3 Å². The SMILES string of the molecule is COc1ccc(OCCNC(=O)c2cc(Cl)cnc2Cl)cc1. The molecule has 0 aliphatic rings. The molecular weight excluding hydrogens is 327 g/mol. The molecule has 0 aliphatic carbocycles. The molecule has 1 N–H and O–H groups in total. The molecule has 22 heavy (non-hydrogen) atoms. The Hall–Kier alpha value is -1.98. The first kappa shape index (κ1) is 16.4. The Bertz CT molecular complexity index is 648. The quantitative estimate of drug-likeness (QED) is 0.647. The average Bonchev–Trinajstić information content (AvgIpc) is 2.54. The first-order valence-corrected chi connectivity index (χ1v) is 7.22. The topological polar surface area (TPSA) is 60.5 Å². The molecule has 1 aromatic heterocycles. The number of rotatable bonds is 6. The van der Waals surface area contributed by atoms with Crippen LogP contribution >= 0.6 is 23.2 Å². The summed E-state index contributed by atoms with van der Waals surface area (Å²) in [6, 6.07) is 8.64. The molecule has 0 fully saturated rings. The molecule has 7 heteroatoms. The molecule has 2 aromatic rings. The van der Waals surface area contributed by atoms with Crippen LogP contribution in [-0.4, -0.2) is 31.2 Å². The smallest absolute Gasteiger partial charge is 0.254 e. The molecular formula is C15H14Cl2N2O3. The van der Waals surface area contributed by atoms with Crippen molar-refractivity contribution in [1.82, 2.24) is 10.3 Å². The maximum atomic E-state index is 11.9. The Morgan fingerprint density at radius 3 is 2.59 bits per heavy atom. The number of methoxy groups -OCH3 is 1. The fourth-order valence-corrected chi connectivity index (χ4v) is 2.03. The lowest BCUT2D eigenvalue weighted by molar-refractivity contribution is 0.0947. The monoisotopic (exact) mass is 340 g/mol. The number of carbonyl (C=O) groups excluding carboxylic acids is 1. The molecule has 0 spiro atoms. The summed E-state index contributed by atoms with van der Waals surface area (Å²) >= 11 is 11.6. The standard InChI is InChI=1S/C15H14Cl2N2O3/c1-21-11-2-4-12(5-3-11)22-7-6-18-15(20)13-8-10(16)9-19-14(13)17/h2-5,8-9H,6-7H2,1H3,(H,18,20). The van der Waals surface area contributed by atoms with Gasteiger partial charge in [0.25, 0.3) is 5.91 Å².